The zero-order valence-corrected chi connectivity index (χ0v) is 19.1. The number of rotatable bonds is 6. The van der Waals surface area contributed by atoms with Crippen molar-refractivity contribution in [2.45, 2.75) is 39.7 Å². The summed E-state index contributed by atoms with van der Waals surface area (Å²) < 4.78 is 11.2. The number of aliphatic carboxylic acids is 1. The number of fused-ring (bicyclic) bond motifs is 2. The van der Waals surface area contributed by atoms with Crippen LogP contribution in [0.5, 0.6) is 0 Å². The summed E-state index contributed by atoms with van der Waals surface area (Å²) >= 11 is 5.87. The van der Waals surface area contributed by atoms with Crippen molar-refractivity contribution in [1.29, 1.82) is 0 Å². The van der Waals surface area contributed by atoms with Crippen molar-refractivity contribution < 1.29 is 23.5 Å². The average molecular weight is 468 g/mol. The number of hydrogen-bond acceptors (Lipinski definition) is 5. The number of nitrogens with one attached hydrogen (secondary N) is 1. The first-order chi connectivity index (χ1) is 15.7. The summed E-state index contributed by atoms with van der Waals surface area (Å²) in [6.07, 6.45) is 1.43. The van der Waals surface area contributed by atoms with E-state index in [1.54, 1.807) is 37.5 Å². The molecular weight excluding hydrogens is 446 g/mol. The van der Waals surface area contributed by atoms with E-state index in [0.29, 0.717) is 38.3 Å². The third kappa shape index (κ3) is 4.36. The van der Waals surface area contributed by atoms with Crippen molar-refractivity contribution in [3.05, 3.63) is 79.9 Å². The minimum atomic E-state index is -1.17. The third-order valence-corrected chi connectivity index (χ3v) is 6.11. The lowest BCUT2D eigenvalue weighted by Gasteiger charge is -2.15. The van der Waals surface area contributed by atoms with E-state index in [0.717, 1.165) is 10.9 Å². The SMILES string of the molecule is Cc1coc2c(C)c3oc(=O)c(CC(=O)N[C@H](Cc4ccc(Cl)cc4)C(=O)O)c(C)c3cc12. The van der Waals surface area contributed by atoms with Gasteiger partial charge < -0.3 is 19.3 Å². The normalized spacial score (nSPS) is 12.2. The Hall–Kier alpha value is -3.58. The predicted octanol–water partition coefficient (Wildman–Crippen LogP) is 4.47. The number of halogens is 1. The van der Waals surface area contributed by atoms with Crippen LogP contribution < -0.4 is 10.9 Å². The molecule has 0 saturated carbocycles. The number of hydrogen-bond donors (Lipinski definition) is 2. The lowest BCUT2D eigenvalue weighted by atomic mass is 9.99. The molecule has 0 bridgehead atoms. The van der Waals surface area contributed by atoms with Crippen LogP contribution in [-0.2, 0) is 22.4 Å². The molecule has 2 aromatic heterocycles. The van der Waals surface area contributed by atoms with E-state index in [2.05, 4.69) is 5.32 Å². The van der Waals surface area contributed by atoms with E-state index in [-0.39, 0.29) is 18.4 Å². The Kier molecular flexibility index (Phi) is 5.99. The Balaban J connectivity index is 1.63. The summed E-state index contributed by atoms with van der Waals surface area (Å²) in [6, 6.07) is 7.45. The van der Waals surface area contributed by atoms with Gasteiger partial charge in [-0.2, -0.15) is 0 Å². The van der Waals surface area contributed by atoms with Crippen molar-refractivity contribution in [2.75, 3.05) is 0 Å². The molecule has 2 N–H and O–H groups in total. The van der Waals surface area contributed by atoms with Crippen molar-refractivity contribution >= 4 is 45.4 Å². The zero-order valence-electron chi connectivity index (χ0n) is 18.3. The van der Waals surface area contributed by atoms with Gasteiger partial charge in [-0.15, -0.1) is 0 Å². The van der Waals surface area contributed by atoms with Gasteiger partial charge in [0.2, 0.25) is 5.91 Å². The van der Waals surface area contributed by atoms with Gasteiger partial charge in [0, 0.05) is 27.8 Å². The molecule has 4 rings (SSSR count). The lowest BCUT2D eigenvalue weighted by Crippen LogP contribution is -2.43. The van der Waals surface area contributed by atoms with Crippen LogP contribution in [0.2, 0.25) is 5.02 Å². The van der Waals surface area contributed by atoms with E-state index in [1.165, 1.54) is 0 Å². The van der Waals surface area contributed by atoms with E-state index in [1.807, 2.05) is 19.9 Å². The van der Waals surface area contributed by atoms with Crippen molar-refractivity contribution in [2.24, 2.45) is 0 Å². The first kappa shape index (κ1) is 22.6. The van der Waals surface area contributed by atoms with Crippen molar-refractivity contribution in [1.82, 2.24) is 5.32 Å². The van der Waals surface area contributed by atoms with Crippen LogP contribution in [0.15, 0.2) is 50.2 Å². The smallest absolute Gasteiger partial charge is 0.340 e. The third-order valence-electron chi connectivity index (χ3n) is 5.86. The summed E-state index contributed by atoms with van der Waals surface area (Å²) in [5.74, 6) is -1.75. The second-order valence-corrected chi connectivity index (χ2v) is 8.57. The van der Waals surface area contributed by atoms with Crippen LogP contribution in [0.25, 0.3) is 21.9 Å². The molecule has 0 aliphatic rings. The summed E-state index contributed by atoms with van der Waals surface area (Å²) in [7, 11) is 0. The topological polar surface area (TPSA) is 110 Å². The van der Waals surface area contributed by atoms with E-state index in [9.17, 15) is 19.5 Å². The first-order valence-corrected chi connectivity index (χ1v) is 10.7. The molecule has 0 aliphatic heterocycles. The Morgan fingerprint density at radius 3 is 2.42 bits per heavy atom. The summed E-state index contributed by atoms with van der Waals surface area (Å²) in [5, 5.41) is 14.2. The molecule has 170 valence electrons. The highest BCUT2D eigenvalue weighted by Gasteiger charge is 2.23. The van der Waals surface area contributed by atoms with Crippen LogP contribution in [-0.4, -0.2) is 23.0 Å². The molecule has 0 fully saturated rings. The average Bonchev–Trinajstić information content (AvgIpc) is 3.14. The van der Waals surface area contributed by atoms with E-state index < -0.39 is 23.5 Å². The molecule has 7 nitrogen and oxygen atoms in total. The number of carbonyl (C=O) groups is 2. The molecule has 2 aromatic carbocycles. The van der Waals surface area contributed by atoms with Gasteiger partial charge in [-0.1, -0.05) is 23.7 Å². The highest BCUT2D eigenvalue weighted by Crippen LogP contribution is 2.32. The highest BCUT2D eigenvalue weighted by atomic mass is 35.5. The second kappa shape index (κ2) is 8.75. The molecule has 0 unspecified atom stereocenters. The van der Waals surface area contributed by atoms with E-state index in [4.69, 9.17) is 20.4 Å². The number of benzene rings is 2. The number of furan rings is 1. The van der Waals surface area contributed by atoms with Crippen molar-refractivity contribution in [3.63, 3.8) is 0 Å². The molecule has 4 aromatic rings. The summed E-state index contributed by atoms with van der Waals surface area (Å²) in [4.78, 5) is 37.1. The van der Waals surface area contributed by atoms with Crippen LogP contribution in [0.4, 0.5) is 0 Å². The maximum atomic E-state index is 12.7. The fourth-order valence-electron chi connectivity index (χ4n) is 3.99. The van der Waals surface area contributed by atoms with Gasteiger partial charge in [-0.05, 0) is 55.7 Å². The number of carboxylic acids is 1. The van der Waals surface area contributed by atoms with Gasteiger partial charge in [-0.3, -0.25) is 4.79 Å². The number of carboxylic acid groups (broad SMARTS) is 1. The van der Waals surface area contributed by atoms with Crippen LogP contribution in [0, 0.1) is 20.8 Å². The molecule has 1 amide bonds. The lowest BCUT2D eigenvalue weighted by molar-refractivity contribution is -0.141. The molecule has 0 radical (unpaired) electrons. The highest BCUT2D eigenvalue weighted by molar-refractivity contribution is 6.30. The molecular formula is C25H22ClNO6. The molecule has 33 heavy (non-hydrogen) atoms. The van der Waals surface area contributed by atoms with Gasteiger partial charge in [-0.25, -0.2) is 9.59 Å². The summed E-state index contributed by atoms with van der Waals surface area (Å²) in [5.41, 5.74) is 3.61. The molecule has 0 saturated heterocycles. The Bertz CT molecular complexity index is 1450. The Labute approximate surface area is 194 Å². The van der Waals surface area contributed by atoms with Crippen LogP contribution >= 0.6 is 11.6 Å². The molecule has 1 atom stereocenters. The minimum Gasteiger partial charge on any atom is -0.480 e. The van der Waals surface area contributed by atoms with Crippen LogP contribution in [0.1, 0.15) is 27.8 Å². The zero-order chi connectivity index (χ0) is 23.9. The standard InChI is InChI=1S/C25H22ClNO6/c1-12-11-32-22-14(3)23-18(9-17(12)22)13(2)19(25(31)33-23)10-21(28)27-20(24(29)30)8-15-4-6-16(26)7-5-15/h4-7,9,11,20H,8,10H2,1-3H3,(H,27,28)(H,29,30)/t20-/m1/s1. The quantitative estimate of drug-likeness (QED) is 0.405. The minimum absolute atomic E-state index is 0.0838. The van der Waals surface area contributed by atoms with Gasteiger partial charge in [0.25, 0.3) is 0 Å². The van der Waals surface area contributed by atoms with Gasteiger partial charge in [0.15, 0.2) is 0 Å². The van der Waals surface area contributed by atoms with Crippen molar-refractivity contribution in [3.8, 4) is 0 Å². The second-order valence-electron chi connectivity index (χ2n) is 8.13. The first-order valence-electron chi connectivity index (χ1n) is 10.4. The maximum Gasteiger partial charge on any atom is 0.340 e. The molecule has 0 spiro atoms. The molecule has 2 heterocycles. The Morgan fingerprint density at radius 2 is 1.76 bits per heavy atom. The largest absolute Gasteiger partial charge is 0.480 e. The van der Waals surface area contributed by atoms with Gasteiger partial charge in [0.05, 0.1) is 18.2 Å². The van der Waals surface area contributed by atoms with Gasteiger partial charge >= 0.3 is 11.6 Å². The fourth-order valence-corrected chi connectivity index (χ4v) is 4.11. The molecule has 8 heteroatoms. The van der Waals surface area contributed by atoms with E-state index >= 15 is 0 Å². The summed E-state index contributed by atoms with van der Waals surface area (Å²) in [6.45, 7) is 5.49. The van der Waals surface area contributed by atoms with Gasteiger partial charge in [0.1, 0.15) is 17.2 Å². The number of amides is 1. The monoisotopic (exact) mass is 467 g/mol. The molecule has 0 aliphatic carbocycles. The fraction of sp³-hybridized carbons (Fsp3) is 0.240. The Morgan fingerprint density at radius 1 is 1.06 bits per heavy atom. The maximum absolute atomic E-state index is 12.7. The number of carbonyl (C=O) groups excluding carboxylic acids is 1. The predicted molar refractivity (Wildman–Crippen MR) is 125 cm³/mol. The van der Waals surface area contributed by atoms with Crippen LogP contribution in [0.3, 0.4) is 0 Å². The number of aryl methyl sites for hydroxylation is 3.